The van der Waals surface area contributed by atoms with Gasteiger partial charge in [-0.05, 0) is 35.1 Å². The Bertz CT molecular complexity index is 953. The van der Waals surface area contributed by atoms with E-state index in [1.807, 2.05) is 24.3 Å². The molecule has 7 heteroatoms. The predicted molar refractivity (Wildman–Crippen MR) is 115 cm³/mol. The lowest BCUT2D eigenvalue weighted by Crippen LogP contribution is -2.52. The van der Waals surface area contributed by atoms with Crippen molar-refractivity contribution in [2.45, 2.75) is 31.6 Å². The number of hydrogen-bond donors (Lipinski definition) is 3. The molecule has 0 aromatic heterocycles. The van der Waals surface area contributed by atoms with Gasteiger partial charge in [0.1, 0.15) is 6.61 Å². The fourth-order valence-corrected chi connectivity index (χ4v) is 4.45. The summed E-state index contributed by atoms with van der Waals surface area (Å²) in [5.41, 5.74) is 3.94. The van der Waals surface area contributed by atoms with E-state index < -0.39 is 17.5 Å². The van der Waals surface area contributed by atoms with Crippen LogP contribution in [0.5, 0.6) is 0 Å². The van der Waals surface area contributed by atoms with E-state index in [-0.39, 0.29) is 37.9 Å². The molecule has 2 amide bonds. The van der Waals surface area contributed by atoms with Crippen LogP contribution in [-0.4, -0.2) is 42.8 Å². The van der Waals surface area contributed by atoms with E-state index in [4.69, 9.17) is 9.84 Å². The number of alkyl carbamates (subject to hydrolysis) is 1. The van der Waals surface area contributed by atoms with E-state index in [0.717, 1.165) is 17.5 Å². The minimum atomic E-state index is -0.959. The van der Waals surface area contributed by atoms with Crippen molar-refractivity contribution in [1.29, 1.82) is 0 Å². The second-order valence-electron chi connectivity index (χ2n) is 8.21. The summed E-state index contributed by atoms with van der Waals surface area (Å²) in [5.74, 6) is -1.19. The fraction of sp³-hybridized carbons (Fsp3) is 0.375. The zero-order valence-electron chi connectivity index (χ0n) is 17.2. The molecule has 1 fully saturated rings. The number of ether oxygens (including phenoxy) is 1. The van der Waals surface area contributed by atoms with Gasteiger partial charge in [-0.1, -0.05) is 55.0 Å². The van der Waals surface area contributed by atoms with E-state index in [0.29, 0.717) is 12.8 Å². The van der Waals surface area contributed by atoms with Gasteiger partial charge in [0.2, 0.25) is 5.91 Å². The number of carbonyl (C=O) groups excluding carboxylic acids is 2. The van der Waals surface area contributed by atoms with Gasteiger partial charge < -0.3 is 20.5 Å². The predicted octanol–water partition coefficient (Wildman–Crippen LogP) is 3.29. The number of rotatable bonds is 8. The van der Waals surface area contributed by atoms with E-state index in [1.54, 1.807) is 0 Å². The van der Waals surface area contributed by atoms with Crippen molar-refractivity contribution in [3.63, 3.8) is 0 Å². The second-order valence-corrected chi connectivity index (χ2v) is 8.21. The molecule has 31 heavy (non-hydrogen) atoms. The van der Waals surface area contributed by atoms with Crippen molar-refractivity contribution >= 4 is 18.0 Å². The Morgan fingerprint density at radius 1 is 0.968 bits per heavy atom. The molecule has 0 spiro atoms. The molecular weight excluding hydrogens is 396 g/mol. The zero-order chi connectivity index (χ0) is 21.8. The molecule has 0 unspecified atom stereocenters. The van der Waals surface area contributed by atoms with E-state index in [1.165, 1.54) is 11.1 Å². The summed E-state index contributed by atoms with van der Waals surface area (Å²) in [6, 6.07) is 16.3. The smallest absolute Gasteiger partial charge is 0.407 e. The van der Waals surface area contributed by atoms with Crippen molar-refractivity contribution in [2.24, 2.45) is 5.41 Å². The number of aliphatic carboxylic acids is 1. The molecule has 2 aromatic rings. The fourth-order valence-electron chi connectivity index (χ4n) is 4.45. The van der Waals surface area contributed by atoms with Gasteiger partial charge in [-0.2, -0.15) is 0 Å². The Kier molecular flexibility index (Phi) is 5.93. The lowest BCUT2D eigenvalue weighted by atomic mass is 9.68. The van der Waals surface area contributed by atoms with E-state index >= 15 is 0 Å². The number of benzene rings is 2. The number of nitrogens with one attached hydrogen (secondary N) is 2. The standard InChI is InChI=1S/C24H26N2O5/c27-21(28)10-13-25-22(29)24(11-5-12-24)15-26-23(30)31-14-20-18-8-3-1-6-16(18)17-7-2-4-9-19(17)20/h1-4,6-9,20H,5,10-15H2,(H,25,29)(H,26,30)(H,27,28). The highest BCUT2D eigenvalue weighted by Gasteiger charge is 2.44. The molecule has 162 valence electrons. The summed E-state index contributed by atoms with van der Waals surface area (Å²) < 4.78 is 5.54. The summed E-state index contributed by atoms with van der Waals surface area (Å²) in [6.07, 6.45) is 1.55. The maximum atomic E-state index is 12.5. The normalized spacial score (nSPS) is 15.9. The first kappa shape index (κ1) is 20.9. The number of carboxylic acids is 1. The van der Waals surface area contributed by atoms with Crippen molar-refractivity contribution in [2.75, 3.05) is 19.7 Å². The van der Waals surface area contributed by atoms with Gasteiger partial charge in [0.25, 0.3) is 0 Å². The SMILES string of the molecule is O=C(O)CCNC(=O)C1(CNC(=O)OCC2c3ccccc3-c3ccccc32)CCC1. The minimum absolute atomic E-state index is 0.0184. The van der Waals surface area contributed by atoms with E-state index in [2.05, 4.69) is 34.9 Å². The van der Waals surface area contributed by atoms with Gasteiger partial charge in [-0.15, -0.1) is 0 Å². The summed E-state index contributed by atoms with van der Waals surface area (Å²) in [4.78, 5) is 35.5. The Morgan fingerprint density at radius 3 is 2.13 bits per heavy atom. The molecular formula is C24H26N2O5. The van der Waals surface area contributed by atoms with Crippen LogP contribution in [0.1, 0.15) is 42.7 Å². The van der Waals surface area contributed by atoms with Crippen LogP contribution in [0, 0.1) is 5.41 Å². The molecule has 0 radical (unpaired) electrons. The van der Waals surface area contributed by atoms with E-state index in [9.17, 15) is 14.4 Å². The van der Waals surface area contributed by atoms with Gasteiger partial charge in [-0.25, -0.2) is 4.79 Å². The third kappa shape index (κ3) is 4.26. The topological polar surface area (TPSA) is 105 Å². The Hall–Kier alpha value is -3.35. The minimum Gasteiger partial charge on any atom is -0.481 e. The molecule has 7 nitrogen and oxygen atoms in total. The molecule has 4 rings (SSSR count). The largest absolute Gasteiger partial charge is 0.481 e. The molecule has 3 N–H and O–H groups in total. The third-order valence-corrected chi connectivity index (χ3v) is 6.33. The molecule has 1 saturated carbocycles. The zero-order valence-corrected chi connectivity index (χ0v) is 17.2. The van der Waals surface area contributed by atoms with Crippen LogP contribution < -0.4 is 10.6 Å². The molecule has 0 bridgehead atoms. The molecule has 0 atom stereocenters. The van der Waals surface area contributed by atoms with Crippen molar-refractivity contribution in [3.05, 3.63) is 59.7 Å². The molecule has 0 heterocycles. The van der Waals surface area contributed by atoms with Crippen LogP contribution in [-0.2, 0) is 14.3 Å². The number of fused-ring (bicyclic) bond motifs is 3. The van der Waals surface area contributed by atoms with Crippen molar-refractivity contribution in [1.82, 2.24) is 10.6 Å². The van der Waals surface area contributed by atoms with Crippen LogP contribution >= 0.6 is 0 Å². The van der Waals surface area contributed by atoms with Gasteiger partial charge >= 0.3 is 12.1 Å². The summed E-state index contributed by atoms with van der Waals surface area (Å²) in [5, 5.41) is 14.1. The lowest BCUT2D eigenvalue weighted by Gasteiger charge is -2.40. The van der Waals surface area contributed by atoms with Crippen LogP contribution in [0.4, 0.5) is 4.79 Å². The molecule has 0 aliphatic heterocycles. The van der Waals surface area contributed by atoms with Crippen molar-refractivity contribution < 1.29 is 24.2 Å². The summed E-state index contributed by atoms with van der Waals surface area (Å²) >= 11 is 0. The first-order valence-electron chi connectivity index (χ1n) is 10.6. The van der Waals surface area contributed by atoms with Gasteiger partial charge in [-0.3, -0.25) is 9.59 Å². The average molecular weight is 422 g/mol. The second kappa shape index (κ2) is 8.79. The van der Waals surface area contributed by atoms with Crippen LogP contribution in [0.25, 0.3) is 11.1 Å². The monoisotopic (exact) mass is 422 g/mol. The summed E-state index contributed by atoms with van der Waals surface area (Å²) in [7, 11) is 0. The highest BCUT2D eigenvalue weighted by atomic mass is 16.5. The highest BCUT2D eigenvalue weighted by Crippen LogP contribution is 2.44. The van der Waals surface area contributed by atoms with Crippen molar-refractivity contribution in [3.8, 4) is 11.1 Å². The number of carbonyl (C=O) groups is 3. The molecule has 2 aliphatic carbocycles. The number of hydrogen-bond acceptors (Lipinski definition) is 4. The molecule has 2 aliphatic rings. The van der Waals surface area contributed by atoms with Crippen LogP contribution in [0.3, 0.4) is 0 Å². The quantitative estimate of drug-likeness (QED) is 0.606. The molecule has 2 aromatic carbocycles. The first-order valence-corrected chi connectivity index (χ1v) is 10.6. The highest BCUT2D eigenvalue weighted by molar-refractivity contribution is 5.85. The van der Waals surface area contributed by atoms with Crippen LogP contribution in [0.15, 0.2) is 48.5 Å². The lowest BCUT2D eigenvalue weighted by molar-refractivity contribution is -0.138. The summed E-state index contributed by atoms with van der Waals surface area (Å²) in [6.45, 7) is 0.487. The maximum Gasteiger partial charge on any atom is 0.407 e. The third-order valence-electron chi connectivity index (χ3n) is 6.33. The number of carboxylic acid groups (broad SMARTS) is 1. The van der Waals surface area contributed by atoms with Gasteiger partial charge in [0, 0.05) is 19.0 Å². The van der Waals surface area contributed by atoms with Gasteiger partial charge in [0.15, 0.2) is 0 Å². The van der Waals surface area contributed by atoms with Crippen LogP contribution in [0.2, 0.25) is 0 Å². The average Bonchev–Trinajstić information content (AvgIpc) is 3.05. The Labute approximate surface area is 180 Å². The first-order chi connectivity index (χ1) is 15.0. The maximum absolute atomic E-state index is 12.5. The Balaban J connectivity index is 1.33. The van der Waals surface area contributed by atoms with Gasteiger partial charge in [0.05, 0.1) is 11.8 Å². The Morgan fingerprint density at radius 2 is 1.58 bits per heavy atom. The molecule has 0 saturated heterocycles. The number of amides is 2.